The van der Waals surface area contributed by atoms with Gasteiger partial charge in [0.25, 0.3) is 0 Å². The molecule has 2 N–H and O–H groups in total. The van der Waals surface area contributed by atoms with Gasteiger partial charge in [-0.15, -0.1) is 0 Å². The van der Waals surface area contributed by atoms with Gasteiger partial charge < -0.3 is 10.2 Å². The number of piperidine rings is 1. The fourth-order valence-electron chi connectivity index (χ4n) is 2.67. The molecule has 1 fully saturated rings. The lowest BCUT2D eigenvalue weighted by Crippen LogP contribution is -2.38. The van der Waals surface area contributed by atoms with E-state index in [1.54, 1.807) is 18.2 Å². The van der Waals surface area contributed by atoms with Crippen LogP contribution < -0.4 is 5.73 Å². The van der Waals surface area contributed by atoms with E-state index in [0.29, 0.717) is 42.3 Å². The third kappa shape index (κ3) is 3.12. The number of likely N-dealkylation sites (tertiary alicyclic amines) is 1. The Bertz CT molecular complexity index is 630. The van der Waals surface area contributed by atoms with Crippen LogP contribution in [0.1, 0.15) is 18.7 Å². The molecule has 1 aliphatic rings. The summed E-state index contributed by atoms with van der Waals surface area (Å²) in [5, 5.41) is 0. The quantitative estimate of drug-likeness (QED) is 0.865. The van der Waals surface area contributed by atoms with Crippen LogP contribution in [0, 0.1) is 5.92 Å². The second-order valence-corrected chi connectivity index (χ2v) is 5.43. The molecule has 0 aliphatic carbocycles. The highest BCUT2D eigenvalue weighted by atomic mass is 19.4. The summed E-state index contributed by atoms with van der Waals surface area (Å²) in [6, 6.07) is 5.20. The normalized spacial score (nSPS) is 18.4. The van der Waals surface area contributed by atoms with Crippen molar-refractivity contribution in [2.24, 2.45) is 5.92 Å². The van der Waals surface area contributed by atoms with Crippen LogP contribution in [-0.4, -0.2) is 29.1 Å². The Morgan fingerprint density at radius 2 is 2.00 bits per heavy atom. The predicted molar refractivity (Wildman–Crippen MR) is 72.5 cm³/mol. The number of oxazole rings is 1. The molecule has 7 heteroatoms. The second kappa shape index (κ2) is 5.22. The van der Waals surface area contributed by atoms with Crippen molar-refractivity contribution in [3.8, 4) is 0 Å². The van der Waals surface area contributed by atoms with Gasteiger partial charge in [0, 0.05) is 5.69 Å². The average Bonchev–Trinajstić information content (AvgIpc) is 2.79. The molecule has 2 aromatic rings. The second-order valence-electron chi connectivity index (χ2n) is 5.43. The Balaban J connectivity index is 1.64. The number of aromatic nitrogens is 1. The van der Waals surface area contributed by atoms with E-state index in [1.165, 1.54) is 0 Å². The summed E-state index contributed by atoms with van der Waals surface area (Å²) in [7, 11) is 0. The molecule has 1 saturated heterocycles. The Hall–Kier alpha value is -1.76. The lowest BCUT2D eigenvalue weighted by molar-refractivity contribution is -0.185. The maximum Gasteiger partial charge on any atom is 0.391 e. The monoisotopic (exact) mass is 299 g/mol. The number of hydrogen-bond acceptors (Lipinski definition) is 4. The van der Waals surface area contributed by atoms with Gasteiger partial charge >= 0.3 is 6.18 Å². The van der Waals surface area contributed by atoms with Crippen LogP contribution in [0.4, 0.5) is 18.9 Å². The van der Waals surface area contributed by atoms with Gasteiger partial charge in [0.15, 0.2) is 5.58 Å². The van der Waals surface area contributed by atoms with Gasteiger partial charge in [-0.05, 0) is 44.1 Å². The molecule has 21 heavy (non-hydrogen) atoms. The highest BCUT2D eigenvalue weighted by Gasteiger charge is 2.41. The Labute approximate surface area is 119 Å². The number of benzene rings is 1. The van der Waals surface area contributed by atoms with Crippen molar-refractivity contribution in [2.45, 2.75) is 25.6 Å². The van der Waals surface area contributed by atoms with E-state index in [4.69, 9.17) is 10.2 Å². The number of nitrogen functional groups attached to an aromatic ring is 1. The molecule has 0 atom stereocenters. The van der Waals surface area contributed by atoms with Gasteiger partial charge in [0.2, 0.25) is 5.89 Å². The molecule has 1 aromatic heterocycles. The van der Waals surface area contributed by atoms with E-state index in [2.05, 4.69) is 4.98 Å². The standard InChI is InChI=1S/C14H16F3N3O/c15-14(16,17)9-3-5-20(6-4-9)8-13-19-11-7-10(18)1-2-12(11)21-13/h1-2,7,9H,3-6,8,18H2. The van der Waals surface area contributed by atoms with Gasteiger partial charge in [0.1, 0.15) is 5.52 Å². The van der Waals surface area contributed by atoms with Crippen molar-refractivity contribution < 1.29 is 17.6 Å². The van der Waals surface area contributed by atoms with Gasteiger partial charge in [-0.2, -0.15) is 13.2 Å². The number of hydrogen-bond donors (Lipinski definition) is 1. The summed E-state index contributed by atoms with van der Waals surface area (Å²) in [5.41, 5.74) is 7.60. The van der Waals surface area contributed by atoms with Crippen molar-refractivity contribution in [2.75, 3.05) is 18.8 Å². The average molecular weight is 299 g/mol. The molecule has 4 nitrogen and oxygen atoms in total. The highest BCUT2D eigenvalue weighted by Crippen LogP contribution is 2.34. The lowest BCUT2D eigenvalue weighted by Gasteiger charge is -2.31. The first-order valence-electron chi connectivity index (χ1n) is 6.86. The van der Waals surface area contributed by atoms with Crippen molar-refractivity contribution in [3.63, 3.8) is 0 Å². The van der Waals surface area contributed by atoms with Crippen LogP contribution >= 0.6 is 0 Å². The minimum absolute atomic E-state index is 0.136. The zero-order chi connectivity index (χ0) is 15.0. The molecule has 3 rings (SSSR count). The lowest BCUT2D eigenvalue weighted by atomic mass is 9.96. The number of halogens is 3. The molecular formula is C14H16F3N3O. The van der Waals surface area contributed by atoms with Crippen LogP contribution in [0.15, 0.2) is 22.6 Å². The molecule has 0 spiro atoms. The minimum atomic E-state index is -4.08. The van der Waals surface area contributed by atoms with Gasteiger partial charge in [-0.1, -0.05) is 0 Å². The first kappa shape index (κ1) is 14.2. The number of nitrogens with two attached hydrogens (primary N) is 1. The zero-order valence-corrected chi connectivity index (χ0v) is 11.4. The topological polar surface area (TPSA) is 55.3 Å². The van der Waals surface area contributed by atoms with Crippen LogP contribution in [0.2, 0.25) is 0 Å². The third-order valence-corrected chi connectivity index (χ3v) is 3.87. The summed E-state index contributed by atoms with van der Waals surface area (Å²) in [5.74, 6) is -0.668. The first-order chi connectivity index (χ1) is 9.91. The van der Waals surface area contributed by atoms with Gasteiger partial charge in [-0.3, -0.25) is 4.90 Å². The highest BCUT2D eigenvalue weighted by molar-refractivity contribution is 5.76. The fourth-order valence-corrected chi connectivity index (χ4v) is 2.67. The summed E-state index contributed by atoms with van der Waals surface area (Å²) in [6.07, 6.45) is -3.81. The van der Waals surface area contributed by atoms with Crippen LogP contribution in [0.25, 0.3) is 11.1 Å². The van der Waals surface area contributed by atoms with Crippen LogP contribution in [-0.2, 0) is 6.54 Å². The maximum absolute atomic E-state index is 12.6. The summed E-state index contributed by atoms with van der Waals surface area (Å²) < 4.78 is 43.4. The van der Waals surface area contributed by atoms with Gasteiger partial charge in [-0.25, -0.2) is 4.98 Å². The van der Waals surface area contributed by atoms with Gasteiger partial charge in [0.05, 0.1) is 12.5 Å². The zero-order valence-electron chi connectivity index (χ0n) is 11.4. The number of rotatable bonds is 2. The molecule has 0 saturated carbocycles. The molecule has 0 amide bonds. The summed E-state index contributed by atoms with van der Waals surface area (Å²) >= 11 is 0. The SMILES string of the molecule is Nc1ccc2oc(CN3CCC(C(F)(F)F)CC3)nc2c1. The Morgan fingerprint density at radius 1 is 1.29 bits per heavy atom. The molecule has 114 valence electrons. The smallest absolute Gasteiger partial charge is 0.391 e. The number of fused-ring (bicyclic) bond motifs is 1. The van der Waals surface area contributed by atoms with Crippen LogP contribution in [0.3, 0.4) is 0 Å². The summed E-state index contributed by atoms with van der Waals surface area (Å²) in [6.45, 7) is 1.25. The number of alkyl halides is 3. The molecule has 2 heterocycles. The Kier molecular flexibility index (Phi) is 3.52. The molecule has 0 radical (unpaired) electrons. The minimum Gasteiger partial charge on any atom is -0.439 e. The first-order valence-corrected chi connectivity index (χ1v) is 6.86. The van der Waals surface area contributed by atoms with E-state index in [9.17, 15) is 13.2 Å². The summed E-state index contributed by atoms with van der Waals surface area (Å²) in [4.78, 5) is 6.27. The van der Waals surface area contributed by atoms with Crippen molar-refractivity contribution in [3.05, 3.63) is 24.1 Å². The predicted octanol–water partition coefficient (Wildman–Crippen LogP) is 3.18. The van der Waals surface area contributed by atoms with E-state index < -0.39 is 12.1 Å². The van der Waals surface area contributed by atoms with Crippen molar-refractivity contribution in [1.82, 2.24) is 9.88 Å². The molecular weight excluding hydrogens is 283 g/mol. The molecule has 0 bridgehead atoms. The van der Waals surface area contributed by atoms with E-state index in [-0.39, 0.29) is 12.8 Å². The molecule has 0 unspecified atom stereocenters. The molecule has 1 aromatic carbocycles. The number of nitrogens with zero attached hydrogens (tertiary/aromatic N) is 2. The molecule has 1 aliphatic heterocycles. The fraction of sp³-hybridized carbons (Fsp3) is 0.500. The maximum atomic E-state index is 12.6. The largest absolute Gasteiger partial charge is 0.439 e. The van der Waals surface area contributed by atoms with Crippen molar-refractivity contribution in [1.29, 1.82) is 0 Å². The Morgan fingerprint density at radius 3 is 2.67 bits per heavy atom. The number of anilines is 1. The van der Waals surface area contributed by atoms with Crippen LogP contribution in [0.5, 0.6) is 0 Å². The third-order valence-electron chi connectivity index (χ3n) is 3.87. The van der Waals surface area contributed by atoms with E-state index in [0.717, 1.165) is 0 Å². The van der Waals surface area contributed by atoms with E-state index >= 15 is 0 Å². The van der Waals surface area contributed by atoms with E-state index in [1.807, 2.05) is 4.90 Å². The van der Waals surface area contributed by atoms with Crippen molar-refractivity contribution >= 4 is 16.8 Å².